The Hall–Kier alpha value is -1.10. The molecule has 134 valence electrons. The second kappa shape index (κ2) is 8.84. The van der Waals surface area contributed by atoms with Gasteiger partial charge in [-0.1, -0.05) is 36.8 Å². The molecule has 3 N–H and O–H groups in total. The van der Waals surface area contributed by atoms with Crippen LogP contribution in [0.3, 0.4) is 0 Å². The van der Waals surface area contributed by atoms with Gasteiger partial charge in [-0.2, -0.15) is 0 Å². The molecule has 3 rings (SSSR count). The van der Waals surface area contributed by atoms with E-state index in [9.17, 15) is 4.79 Å². The number of nitrogens with two attached hydrogens (primary N) is 1. The third-order valence-electron chi connectivity index (χ3n) is 5.36. The smallest absolute Gasteiger partial charge is 0.254 e. The number of rotatable bonds is 5. The van der Waals surface area contributed by atoms with Gasteiger partial charge in [0.05, 0.1) is 0 Å². The topological polar surface area (TPSA) is 64.3 Å². The molecule has 2 aliphatic carbocycles. The molecule has 0 saturated heterocycles. The minimum Gasteiger partial charge on any atom is -0.364 e. The molecule has 2 saturated carbocycles. The number of amides is 1. The van der Waals surface area contributed by atoms with Gasteiger partial charge in [-0.3, -0.25) is 4.79 Å². The molecule has 3 unspecified atom stereocenters. The summed E-state index contributed by atoms with van der Waals surface area (Å²) >= 11 is 0. The predicted molar refractivity (Wildman–Crippen MR) is 98.0 cm³/mol. The maximum Gasteiger partial charge on any atom is 0.254 e. The summed E-state index contributed by atoms with van der Waals surface area (Å²) in [4.78, 5) is 12.8. The van der Waals surface area contributed by atoms with Crippen molar-refractivity contribution in [2.24, 2.45) is 17.6 Å². The van der Waals surface area contributed by atoms with E-state index in [4.69, 9.17) is 10.5 Å². The fourth-order valence-corrected chi connectivity index (χ4v) is 4.38. The Bertz CT molecular complexity index is 511. The van der Waals surface area contributed by atoms with E-state index in [-0.39, 0.29) is 24.4 Å². The molecule has 1 aromatic rings. The van der Waals surface area contributed by atoms with Crippen LogP contribution in [0.2, 0.25) is 0 Å². The van der Waals surface area contributed by atoms with Gasteiger partial charge in [-0.05, 0) is 50.0 Å². The van der Waals surface area contributed by atoms with E-state index in [0.29, 0.717) is 24.5 Å². The highest BCUT2D eigenvalue weighted by Gasteiger charge is 2.40. The molecule has 0 radical (unpaired) electrons. The van der Waals surface area contributed by atoms with Crippen molar-refractivity contribution in [1.29, 1.82) is 0 Å². The molecule has 0 heterocycles. The Labute approximate surface area is 150 Å². The normalized spacial score (nSPS) is 30.1. The molecular formula is C19H29ClN2O2. The molecule has 5 heteroatoms. The monoisotopic (exact) mass is 352 g/mol. The number of hydrogen-bond acceptors (Lipinski definition) is 3. The highest BCUT2D eigenvalue weighted by molar-refractivity contribution is 5.85. The van der Waals surface area contributed by atoms with Crippen LogP contribution in [0.5, 0.6) is 0 Å². The van der Waals surface area contributed by atoms with Crippen LogP contribution in [-0.2, 0) is 9.53 Å². The zero-order valence-electron chi connectivity index (χ0n) is 14.3. The lowest BCUT2D eigenvalue weighted by Gasteiger charge is -2.45. The first-order chi connectivity index (χ1) is 11.2. The zero-order chi connectivity index (χ0) is 16.2. The van der Waals surface area contributed by atoms with E-state index < -0.39 is 6.10 Å². The summed E-state index contributed by atoms with van der Waals surface area (Å²) < 4.78 is 5.74. The molecular weight excluding hydrogens is 324 g/mol. The van der Waals surface area contributed by atoms with Crippen LogP contribution in [0.4, 0.5) is 0 Å². The van der Waals surface area contributed by atoms with Gasteiger partial charge in [0.25, 0.3) is 5.91 Å². The molecule has 2 bridgehead atoms. The number of nitrogens with one attached hydrogen (secondary N) is 1. The fraction of sp³-hybridized carbons (Fsp3) is 0.632. The average Bonchev–Trinajstić information content (AvgIpc) is 2.54. The van der Waals surface area contributed by atoms with E-state index in [1.54, 1.807) is 0 Å². The highest BCUT2D eigenvalue weighted by Crippen LogP contribution is 2.40. The van der Waals surface area contributed by atoms with Gasteiger partial charge in [0.2, 0.25) is 0 Å². The second-order valence-corrected chi connectivity index (χ2v) is 6.96. The summed E-state index contributed by atoms with van der Waals surface area (Å²) in [6.45, 7) is 2.45. The van der Waals surface area contributed by atoms with E-state index in [1.165, 1.54) is 19.3 Å². The van der Waals surface area contributed by atoms with Crippen LogP contribution < -0.4 is 11.1 Å². The molecule has 24 heavy (non-hydrogen) atoms. The SMILES string of the molecule is CCOC(C(=O)NC1C2CCCC1CC(N)C2)c1ccccc1.Cl. The maximum atomic E-state index is 12.8. The number of benzene rings is 1. The largest absolute Gasteiger partial charge is 0.364 e. The molecule has 2 fully saturated rings. The second-order valence-electron chi connectivity index (χ2n) is 6.96. The molecule has 1 amide bonds. The maximum absolute atomic E-state index is 12.8. The van der Waals surface area contributed by atoms with Crippen molar-refractivity contribution >= 4 is 18.3 Å². The van der Waals surface area contributed by atoms with Crippen molar-refractivity contribution < 1.29 is 9.53 Å². The number of carbonyl (C=O) groups is 1. The van der Waals surface area contributed by atoms with Gasteiger partial charge < -0.3 is 15.8 Å². The van der Waals surface area contributed by atoms with Crippen molar-refractivity contribution in [3.05, 3.63) is 35.9 Å². The Kier molecular flexibility index (Phi) is 7.08. The highest BCUT2D eigenvalue weighted by atomic mass is 35.5. The summed E-state index contributed by atoms with van der Waals surface area (Å²) in [7, 11) is 0. The lowest BCUT2D eigenvalue weighted by atomic mass is 9.67. The first-order valence-corrected chi connectivity index (χ1v) is 8.91. The molecule has 0 aliphatic heterocycles. The number of carbonyl (C=O) groups excluding carboxylic acids is 1. The standard InChI is InChI=1S/C19H28N2O2.ClH/c1-2-23-18(13-7-4-3-5-8-13)19(22)21-17-14-9-6-10-15(17)12-16(20)11-14;/h3-5,7-8,14-18H,2,6,9-12,20H2,1H3,(H,21,22);1H. The number of halogens is 1. The first kappa shape index (κ1) is 19.2. The molecule has 1 aromatic carbocycles. The van der Waals surface area contributed by atoms with E-state index in [0.717, 1.165) is 18.4 Å². The van der Waals surface area contributed by atoms with Gasteiger partial charge in [-0.15, -0.1) is 12.4 Å². The molecule has 2 aliphatic rings. The van der Waals surface area contributed by atoms with Crippen molar-refractivity contribution in [1.82, 2.24) is 5.32 Å². The van der Waals surface area contributed by atoms with Crippen LogP contribution >= 0.6 is 12.4 Å². The first-order valence-electron chi connectivity index (χ1n) is 8.91. The Morgan fingerprint density at radius 2 is 1.88 bits per heavy atom. The van der Waals surface area contributed by atoms with Crippen molar-refractivity contribution in [2.75, 3.05) is 6.61 Å². The van der Waals surface area contributed by atoms with E-state index in [2.05, 4.69) is 5.32 Å². The third-order valence-corrected chi connectivity index (χ3v) is 5.36. The summed E-state index contributed by atoms with van der Waals surface area (Å²) in [5, 5.41) is 3.31. The Morgan fingerprint density at radius 1 is 1.25 bits per heavy atom. The summed E-state index contributed by atoms with van der Waals surface area (Å²) in [5.74, 6) is 1.05. The average molecular weight is 353 g/mol. The Balaban J connectivity index is 0.00000208. The quantitative estimate of drug-likeness (QED) is 0.855. The fourth-order valence-electron chi connectivity index (χ4n) is 4.38. The molecule has 0 spiro atoms. The molecule has 3 atom stereocenters. The van der Waals surface area contributed by atoms with Crippen LogP contribution in [-0.4, -0.2) is 24.6 Å². The number of fused-ring (bicyclic) bond motifs is 2. The minimum atomic E-state index is -0.516. The van der Waals surface area contributed by atoms with Crippen LogP contribution in [0.1, 0.15) is 50.7 Å². The van der Waals surface area contributed by atoms with Crippen molar-refractivity contribution in [3.8, 4) is 0 Å². The van der Waals surface area contributed by atoms with E-state index in [1.807, 2.05) is 37.3 Å². The zero-order valence-corrected chi connectivity index (χ0v) is 15.1. The van der Waals surface area contributed by atoms with Crippen LogP contribution in [0.15, 0.2) is 30.3 Å². The summed E-state index contributed by atoms with van der Waals surface area (Å²) in [6, 6.07) is 10.3. The third kappa shape index (κ3) is 4.29. The lowest BCUT2D eigenvalue weighted by Crippen LogP contribution is -2.54. The predicted octanol–water partition coefficient (Wildman–Crippen LogP) is 3.21. The Morgan fingerprint density at radius 3 is 2.46 bits per heavy atom. The van der Waals surface area contributed by atoms with Gasteiger partial charge in [0, 0.05) is 18.7 Å². The van der Waals surface area contributed by atoms with Crippen LogP contribution in [0.25, 0.3) is 0 Å². The minimum absolute atomic E-state index is 0. The van der Waals surface area contributed by atoms with Crippen LogP contribution in [0, 0.1) is 11.8 Å². The summed E-state index contributed by atoms with van der Waals surface area (Å²) in [6.07, 6.45) is 5.18. The van der Waals surface area contributed by atoms with Gasteiger partial charge in [-0.25, -0.2) is 0 Å². The molecule has 0 aromatic heterocycles. The molecule has 4 nitrogen and oxygen atoms in total. The number of ether oxygens (including phenoxy) is 1. The number of hydrogen-bond donors (Lipinski definition) is 2. The summed E-state index contributed by atoms with van der Waals surface area (Å²) in [5.41, 5.74) is 7.10. The van der Waals surface area contributed by atoms with Crippen molar-refractivity contribution in [3.63, 3.8) is 0 Å². The van der Waals surface area contributed by atoms with Gasteiger partial charge in [0.1, 0.15) is 0 Å². The van der Waals surface area contributed by atoms with Gasteiger partial charge >= 0.3 is 0 Å². The van der Waals surface area contributed by atoms with E-state index >= 15 is 0 Å². The van der Waals surface area contributed by atoms with Crippen molar-refractivity contribution in [2.45, 2.75) is 57.2 Å². The van der Waals surface area contributed by atoms with Gasteiger partial charge in [0.15, 0.2) is 6.10 Å². The lowest BCUT2D eigenvalue weighted by molar-refractivity contribution is -0.135.